The highest BCUT2D eigenvalue weighted by atomic mass is 35.5. The van der Waals surface area contributed by atoms with Gasteiger partial charge in [0.1, 0.15) is 12.7 Å². The monoisotopic (exact) mass is 334 g/mol. The molecule has 6 nitrogen and oxygen atoms in total. The highest BCUT2D eigenvalue weighted by Crippen LogP contribution is 2.35. The van der Waals surface area contributed by atoms with E-state index in [0.717, 1.165) is 6.54 Å². The van der Waals surface area contributed by atoms with Crippen molar-refractivity contribution in [3.63, 3.8) is 0 Å². The Bertz CT molecular complexity index is 551. The van der Waals surface area contributed by atoms with E-state index in [2.05, 4.69) is 5.32 Å². The minimum atomic E-state index is -0.554. The van der Waals surface area contributed by atoms with Gasteiger partial charge in [-0.1, -0.05) is 23.2 Å². The lowest BCUT2D eigenvalue weighted by Gasteiger charge is -2.36. The highest BCUT2D eigenvalue weighted by molar-refractivity contribution is 6.42. The third-order valence-corrected chi connectivity index (χ3v) is 3.75. The van der Waals surface area contributed by atoms with Gasteiger partial charge in [-0.05, 0) is 13.8 Å². The molecule has 0 aromatic heterocycles. The van der Waals surface area contributed by atoms with E-state index in [1.165, 1.54) is 12.1 Å². The second-order valence-electron chi connectivity index (χ2n) is 5.43. The van der Waals surface area contributed by atoms with E-state index >= 15 is 0 Å². The van der Waals surface area contributed by atoms with Gasteiger partial charge in [-0.3, -0.25) is 10.1 Å². The van der Waals surface area contributed by atoms with Crippen LogP contribution in [0, 0.1) is 10.1 Å². The van der Waals surface area contributed by atoms with E-state index in [1.807, 2.05) is 13.8 Å². The topological polar surface area (TPSA) is 73.6 Å². The average Bonchev–Trinajstić information content (AvgIpc) is 2.38. The molecule has 0 saturated carbocycles. The third-order valence-electron chi connectivity index (χ3n) is 3.03. The van der Waals surface area contributed by atoms with Crippen LogP contribution < -0.4 is 10.1 Å². The van der Waals surface area contributed by atoms with Gasteiger partial charge >= 0.3 is 5.69 Å². The standard InChI is InChI=1S/C13H16Cl2N2O4/c1-13(2)7-16-5-8(21-13)6-20-12-4-10(15)9(14)3-11(12)17(18)19/h3-4,8,16H,5-7H2,1-2H3. The van der Waals surface area contributed by atoms with Crippen LogP contribution in [0.1, 0.15) is 13.8 Å². The van der Waals surface area contributed by atoms with Gasteiger partial charge in [0.2, 0.25) is 0 Å². The lowest BCUT2D eigenvalue weighted by atomic mass is 10.1. The molecule has 1 aromatic carbocycles. The number of rotatable bonds is 4. The number of ether oxygens (including phenoxy) is 2. The van der Waals surface area contributed by atoms with Gasteiger partial charge in [0.15, 0.2) is 5.75 Å². The molecule has 1 unspecified atom stereocenters. The summed E-state index contributed by atoms with van der Waals surface area (Å²) in [4.78, 5) is 10.5. The summed E-state index contributed by atoms with van der Waals surface area (Å²) in [6, 6.07) is 2.53. The summed E-state index contributed by atoms with van der Waals surface area (Å²) < 4.78 is 11.4. The molecule has 0 aliphatic carbocycles. The van der Waals surface area contributed by atoms with Crippen molar-refractivity contribution in [2.24, 2.45) is 0 Å². The van der Waals surface area contributed by atoms with Gasteiger partial charge in [0.25, 0.3) is 0 Å². The summed E-state index contributed by atoms with van der Waals surface area (Å²) in [5.74, 6) is 0.0846. The third kappa shape index (κ3) is 4.20. The van der Waals surface area contributed by atoms with E-state index in [1.54, 1.807) is 0 Å². The molecule has 0 spiro atoms. The first-order valence-electron chi connectivity index (χ1n) is 6.43. The van der Waals surface area contributed by atoms with Crippen LogP contribution in [0.15, 0.2) is 12.1 Å². The summed E-state index contributed by atoms with van der Waals surface area (Å²) in [6.45, 7) is 5.49. The van der Waals surface area contributed by atoms with E-state index in [0.29, 0.717) is 6.54 Å². The predicted molar refractivity (Wildman–Crippen MR) is 80.4 cm³/mol. The minimum absolute atomic E-state index is 0.0846. The number of nitrogens with zero attached hydrogens (tertiary/aromatic N) is 1. The maximum Gasteiger partial charge on any atom is 0.312 e. The van der Waals surface area contributed by atoms with Gasteiger partial charge in [0, 0.05) is 25.2 Å². The largest absolute Gasteiger partial charge is 0.484 e. The van der Waals surface area contributed by atoms with Crippen LogP contribution in [-0.2, 0) is 4.74 Å². The van der Waals surface area contributed by atoms with Crippen LogP contribution in [-0.4, -0.2) is 36.3 Å². The van der Waals surface area contributed by atoms with Gasteiger partial charge in [-0.2, -0.15) is 0 Å². The number of nitro benzene ring substituents is 1. The van der Waals surface area contributed by atoms with Crippen LogP contribution in [0.3, 0.4) is 0 Å². The molecule has 1 atom stereocenters. The SMILES string of the molecule is CC1(C)CNCC(COc2cc(Cl)c(Cl)cc2[N+](=O)[O-])O1. The van der Waals surface area contributed by atoms with E-state index < -0.39 is 4.92 Å². The van der Waals surface area contributed by atoms with Crippen molar-refractivity contribution in [3.8, 4) is 5.75 Å². The van der Waals surface area contributed by atoms with Crippen molar-refractivity contribution in [3.05, 3.63) is 32.3 Å². The zero-order valence-electron chi connectivity index (χ0n) is 11.7. The quantitative estimate of drug-likeness (QED) is 0.676. The number of morpholine rings is 1. The van der Waals surface area contributed by atoms with Crippen molar-refractivity contribution in [2.45, 2.75) is 25.6 Å². The molecule has 1 saturated heterocycles. The smallest absolute Gasteiger partial charge is 0.312 e. The number of halogens is 2. The lowest BCUT2D eigenvalue weighted by molar-refractivity contribution is -0.385. The van der Waals surface area contributed by atoms with Gasteiger partial charge in [0.05, 0.1) is 20.6 Å². The molecule has 0 radical (unpaired) electrons. The molecule has 0 amide bonds. The first-order chi connectivity index (χ1) is 9.78. The Hall–Kier alpha value is -1.08. The molecule has 21 heavy (non-hydrogen) atoms. The predicted octanol–water partition coefficient (Wildman–Crippen LogP) is 3.05. The fourth-order valence-corrected chi connectivity index (χ4v) is 2.43. The Kier molecular flexibility index (Phi) is 4.93. The van der Waals surface area contributed by atoms with Crippen molar-refractivity contribution >= 4 is 28.9 Å². The highest BCUT2D eigenvalue weighted by Gasteiger charge is 2.29. The van der Waals surface area contributed by atoms with Gasteiger partial charge < -0.3 is 14.8 Å². The molecule has 1 fully saturated rings. The van der Waals surface area contributed by atoms with Crippen molar-refractivity contribution in [1.29, 1.82) is 0 Å². The maximum atomic E-state index is 11.0. The molecule has 116 valence electrons. The number of hydrogen-bond acceptors (Lipinski definition) is 5. The number of nitrogens with one attached hydrogen (secondary N) is 1. The number of hydrogen-bond donors (Lipinski definition) is 1. The summed E-state index contributed by atoms with van der Waals surface area (Å²) in [5.41, 5.74) is -0.511. The molecular formula is C13H16Cl2N2O4. The van der Waals surface area contributed by atoms with E-state index in [4.69, 9.17) is 32.7 Å². The van der Waals surface area contributed by atoms with Crippen LogP contribution in [0.25, 0.3) is 0 Å². The van der Waals surface area contributed by atoms with Crippen molar-refractivity contribution in [1.82, 2.24) is 5.32 Å². The Morgan fingerprint density at radius 1 is 1.48 bits per heavy atom. The number of nitro groups is 1. The summed E-state index contributed by atoms with van der Waals surface area (Å²) >= 11 is 11.7. The Balaban J connectivity index is 2.09. The molecule has 8 heteroatoms. The summed E-state index contributed by atoms with van der Waals surface area (Å²) in [6.07, 6.45) is -0.192. The molecule has 1 aliphatic heterocycles. The molecule has 0 bridgehead atoms. The van der Waals surface area contributed by atoms with E-state index in [-0.39, 0.29) is 39.8 Å². The summed E-state index contributed by atoms with van der Waals surface area (Å²) in [7, 11) is 0. The van der Waals surface area contributed by atoms with Gasteiger partial charge in [-0.15, -0.1) is 0 Å². The second-order valence-corrected chi connectivity index (χ2v) is 6.25. The fraction of sp³-hybridized carbons (Fsp3) is 0.538. The normalized spacial score (nSPS) is 21.0. The van der Waals surface area contributed by atoms with E-state index in [9.17, 15) is 10.1 Å². The van der Waals surface area contributed by atoms with Crippen LogP contribution in [0.2, 0.25) is 10.0 Å². The summed E-state index contributed by atoms with van der Waals surface area (Å²) in [5, 5.41) is 14.6. The minimum Gasteiger partial charge on any atom is -0.484 e. The molecule has 1 aromatic rings. The average molecular weight is 335 g/mol. The Labute approximate surface area is 132 Å². The molecule has 1 heterocycles. The first kappa shape index (κ1) is 16.3. The second kappa shape index (κ2) is 6.36. The molecule has 1 N–H and O–H groups in total. The number of benzene rings is 1. The lowest BCUT2D eigenvalue weighted by Crippen LogP contribution is -2.52. The molecular weight excluding hydrogens is 319 g/mol. The first-order valence-corrected chi connectivity index (χ1v) is 7.19. The van der Waals surface area contributed by atoms with Crippen LogP contribution >= 0.6 is 23.2 Å². The Morgan fingerprint density at radius 2 is 2.14 bits per heavy atom. The van der Waals surface area contributed by atoms with Crippen LogP contribution in [0.4, 0.5) is 5.69 Å². The fourth-order valence-electron chi connectivity index (χ4n) is 2.12. The molecule has 1 aliphatic rings. The molecule has 2 rings (SSSR count). The van der Waals surface area contributed by atoms with Crippen LogP contribution in [0.5, 0.6) is 5.75 Å². The van der Waals surface area contributed by atoms with Crippen molar-refractivity contribution < 1.29 is 14.4 Å². The van der Waals surface area contributed by atoms with Crippen molar-refractivity contribution in [2.75, 3.05) is 19.7 Å². The zero-order valence-corrected chi connectivity index (χ0v) is 13.2. The Morgan fingerprint density at radius 3 is 2.76 bits per heavy atom. The maximum absolute atomic E-state index is 11.0. The van der Waals surface area contributed by atoms with Gasteiger partial charge in [-0.25, -0.2) is 0 Å². The zero-order chi connectivity index (χ0) is 15.6.